The zero-order chi connectivity index (χ0) is 28.6. The molecule has 37 heavy (non-hydrogen) atoms. The third kappa shape index (κ3) is 6.79. The second-order valence-electron chi connectivity index (χ2n) is 8.59. The van der Waals surface area contributed by atoms with Gasteiger partial charge in [0.25, 0.3) is 11.8 Å². The van der Waals surface area contributed by atoms with Gasteiger partial charge in [0.1, 0.15) is 0 Å². The molecule has 1 unspecified atom stereocenters. The molecule has 0 saturated heterocycles. The van der Waals surface area contributed by atoms with Crippen LogP contribution in [0.2, 0.25) is 0 Å². The molecule has 15 heteroatoms. The molecule has 2 amide bonds. The maximum atomic E-state index is 14.4. The minimum absolute atomic E-state index is 0.142. The molecule has 2 aromatic rings. The Balaban J connectivity index is 2.43. The molecule has 0 radical (unpaired) electrons. The van der Waals surface area contributed by atoms with E-state index in [4.69, 9.17) is 0 Å². The predicted octanol–water partition coefficient (Wildman–Crippen LogP) is 5.53. The van der Waals surface area contributed by atoms with Crippen LogP contribution in [0.15, 0.2) is 36.4 Å². The Bertz CT molecular complexity index is 1220. The lowest BCUT2D eigenvalue weighted by molar-refractivity contribution is -0.348. The van der Waals surface area contributed by atoms with Crippen molar-refractivity contribution in [3.63, 3.8) is 0 Å². The predicted molar refractivity (Wildman–Crippen MR) is 129 cm³/mol. The lowest BCUT2D eigenvalue weighted by Gasteiger charge is -2.30. The topological polar surface area (TPSA) is 98.3 Å². The molecule has 1 atom stereocenters. The molecule has 2 N–H and O–H groups in total. The molecule has 0 aromatic heterocycles. The summed E-state index contributed by atoms with van der Waals surface area (Å²) in [6.07, 6.45) is -12.6. The third-order valence-electron chi connectivity index (χ3n) is 5.07. The first-order valence-corrected chi connectivity index (χ1v) is 12.5. The summed E-state index contributed by atoms with van der Waals surface area (Å²) >= 11 is -0.730. The maximum Gasteiger partial charge on any atom is 0.435 e. The highest BCUT2D eigenvalue weighted by Crippen LogP contribution is 2.53. The number of alkyl halides is 7. The summed E-state index contributed by atoms with van der Waals surface area (Å²) in [5, 5.41) is 4.79. The first kappa shape index (κ1) is 31.0. The Morgan fingerprint density at radius 1 is 0.973 bits per heavy atom. The summed E-state index contributed by atoms with van der Waals surface area (Å²) in [6, 6.07) is 5.43. The average molecular weight is 667 g/mol. The Morgan fingerprint density at radius 3 is 2.03 bits per heavy atom. The summed E-state index contributed by atoms with van der Waals surface area (Å²) in [6.45, 7) is 3.95. The number of anilines is 1. The summed E-state index contributed by atoms with van der Waals surface area (Å²) in [7, 11) is 0. The number of hydrogen-bond acceptors (Lipinski definition) is 4. The minimum Gasteiger partial charge on any atom is -0.772 e. The van der Waals surface area contributed by atoms with E-state index >= 15 is 0 Å². The van der Waals surface area contributed by atoms with Crippen LogP contribution in [0.4, 0.5) is 36.4 Å². The standard InChI is InChI=1S/C22H20F7IN2O4S/c1-11-9-12(20(23,21(24,25)26)22(27,28)29)7-8-15(11)31-17(33)13-5-4-6-14(30)16(13)18(34)32-19(2,3)10-37(35)36/h4-9H,10H2,1-3H3,(H,31,33)(H,32,34)(H,35,36)/p-1. The van der Waals surface area contributed by atoms with Gasteiger partial charge in [-0.1, -0.05) is 29.3 Å². The fourth-order valence-corrected chi connectivity index (χ4v) is 4.75. The molecule has 0 aliphatic rings. The van der Waals surface area contributed by atoms with Gasteiger partial charge in [-0.2, -0.15) is 26.3 Å². The first-order chi connectivity index (χ1) is 16.7. The number of halogens is 8. The van der Waals surface area contributed by atoms with Gasteiger partial charge in [-0.05, 0) is 67.1 Å². The lowest BCUT2D eigenvalue weighted by atomic mass is 9.92. The van der Waals surface area contributed by atoms with Gasteiger partial charge in [-0.3, -0.25) is 13.8 Å². The second kappa shape index (κ2) is 10.8. The average Bonchev–Trinajstić information content (AvgIpc) is 2.71. The van der Waals surface area contributed by atoms with E-state index in [0.717, 1.165) is 6.92 Å². The monoisotopic (exact) mass is 667 g/mol. The van der Waals surface area contributed by atoms with Crippen molar-refractivity contribution in [3.05, 3.63) is 62.2 Å². The molecule has 204 valence electrons. The summed E-state index contributed by atoms with van der Waals surface area (Å²) in [4.78, 5) is 25.9. The molecular formula is C22H19F7IN2O4S-. The Morgan fingerprint density at radius 2 is 1.54 bits per heavy atom. The number of carbonyl (C=O) groups is 2. The molecule has 0 aliphatic heterocycles. The van der Waals surface area contributed by atoms with Crippen LogP contribution >= 0.6 is 22.6 Å². The number of rotatable bonds is 7. The van der Waals surface area contributed by atoms with Crippen LogP contribution in [-0.4, -0.2) is 44.2 Å². The highest BCUT2D eigenvalue weighted by atomic mass is 127. The zero-order valence-corrected chi connectivity index (χ0v) is 22.2. The van der Waals surface area contributed by atoms with E-state index in [1.165, 1.54) is 32.0 Å². The van der Waals surface area contributed by atoms with E-state index < -0.39 is 57.8 Å². The largest absolute Gasteiger partial charge is 0.772 e. The zero-order valence-electron chi connectivity index (χ0n) is 19.2. The van der Waals surface area contributed by atoms with Crippen molar-refractivity contribution in [1.29, 1.82) is 0 Å². The number of nitrogens with one attached hydrogen (secondary N) is 2. The van der Waals surface area contributed by atoms with Crippen molar-refractivity contribution in [3.8, 4) is 0 Å². The molecule has 0 aliphatic carbocycles. The molecule has 2 aromatic carbocycles. The van der Waals surface area contributed by atoms with Gasteiger partial charge in [0.15, 0.2) is 0 Å². The first-order valence-electron chi connectivity index (χ1n) is 10.1. The number of carbonyl (C=O) groups excluding carboxylic acids is 2. The number of benzene rings is 2. The lowest BCUT2D eigenvalue weighted by Crippen LogP contribution is -2.50. The van der Waals surface area contributed by atoms with Gasteiger partial charge in [-0.25, -0.2) is 4.39 Å². The molecule has 0 spiro atoms. The van der Waals surface area contributed by atoms with Crippen molar-refractivity contribution in [1.82, 2.24) is 5.32 Å². The summed E-state index contributed by atoms with van der Waals surface area (Å²) in [5.41, 5.74) is -9.44. The number of amides is 2. The van der Waals surface area contributed by atoms with Crippen molar-refractivity contribution >= 4 is 51.2 Å². The molecule has 0 saturated carbocycles. The van der Waals surface area contributed by atoms with E-state index in [1.54, 1.807) is 22.6 Å². The highest BCUT2D eigenvalue weighted by molar-refractivity contribution is 14.1. The third-order valence-corrected chi connectivity index (χ3v) is 6.93. The van der Waals surface area contributed by atoms with Crippen molar-refractivity contribution in [2.24, 2.45) is 0 Å². The molecular weight excluding hydrogens is 648 g/mol. The minimum atomic E-state index is -6.29. The van der Waals surface area contributed by atoms with Crippen molar-refractivity contribution < 1.29 is 49.1 Å². The van der Waals surface area contributed by atoms with Crippen LogP contribution < -0.4 is 10.6 Å². The van der Waals surface area contributed by atoms with Crippen LogP contribution in [0.5, 0.6) is 0 Å². The fraction of sp³-hybridized carbons (Fsp3) is 0.364. The van der Waals surface area contributed by atoms with Gasteiger partial charge in [0.05, 0.1) is 11.1 Å². The maximum absolute atomic E-state index is 14.4. The molecule has 0 fully saturated rings. The SMILES string of the molecule is Cc1cc(C(F)(C(F)(F)F)C(F)(F)F)ccc1NC(=O)c1cccc(I)c1C(=O)NC(C)(C)CS(=O)[O-]. The summed E-state index contributed by atoms with van der Waals surface area (Å²) < 4.78 is 115. The smallest absolute Gasteiger partial charge is 0.435 e. The number of hydrogen-bond donors (Lipinski definition) is 2. The second-order valence-corrected chi connectivity index (χ2v) is 10.6. The van der Waals surface area contributed by atoms with Gasteiger partial charge >= 0.3 is 18.0 Å². The molecule has 0 heterocycles. The fourth-order valence-electron chi connectivity index (χ4n) is 3.34. The Kier molecular flexibility index (Phi) is 9.07. The number of aryl methyl sites for hydroxylation is 1. The summed E-state index contributed by atoms with van der Waals surface area (Å²) in [5.74, 6) is -2.17. The quantitative estimate of drug-likeness (QED) is 0.231. The van der Waals surface area contributed by atoms with Crippen LogP contribution in [0.25, 0.3) is 0 Å². The Labute approximate surface area is 222 Å². The van der Waals surface area contributed by atoms with Gasteiger partial charge in [-0.15, -0.1) is 0 Å². The van der Waals surface area contributed by atoms with E-state index in [1.807, 2.05) is 0 Å². The normalized spacial score (nSPS) is 13.7. The van der Waals surface area contributed by atoms with Crippen LogP contribution in [0, 0.1) is 10.5 Å². The van der Waals surface area contributed by atoms with E-state index in [9.17, 15) is 49.1 Å². The van der Waals surface area contributed by atoms with Crippen molar-refractivity contribution in [2.75, 3.05) is 11.1 Å². The van der Waals surface area contributed by atoms with Crippen molar-refractivity contribution in [2.45, 2.75) is 44.3 Å². The van der Waals surface area contributed by atoms with Gasteiger partial charge in [0.2, 0.25) is 0 Å². The van der Waals surface area contributed by atoms with Crippen LogP contribution in [0.1, 0.15) is 45.7 Å². The van der Waals surface area contributed by atoms with E-state index in [-0.39, 0.29) is 28.4 Å². The van der Waals surface area contributed by atoms with Crippen LogP contribution in [0.3, 0.4) is 0 Å². The molecule has 2 rings (SSSR count). The molecule has 6 nitrogen and oxygen atoms in total. The molecule has 0 bridgehead atoms. The highest BCUT2D eigenvalue weighted by Gasteiger charge is 2.73. The van der Waals surface area contributed by atoms with Gasteiger partial charge in [0, 0.05) is 26.1 Å². The van der Waals surface area contributed by atoms with Gasteiger partial charge < -0.3 is 15.2 Å². The van der Waals surface area contributed by atoms with E-state index in [0.29, 0.717) is 15.7 Å². The van der Waals surface area contributed by atoms with Crippen LogP contribution in [-0.2, 0) is 16.7 Å². The van der Waals surface area contributed by atoms with E-state index in [2.05, 4.69) is 10.6 Å². The Hall–Kier alpha value is -2.27.